The van der Waals surface area contributed by atoms with Crippen LogP contribution in [0, 0.1) is 6.92 Å². The van der Waals surface area contributed by atoms with Crippen LogP contribution in [-0.2, 0) is 19.6 Å². The number of esters is 1. The van der Waals surface area contributed by atoms with Gasteiger partial charge in [0.1, 0.15) is 12.3 Å². The van der Waals surface area contributed by atoms with Crippen molar-refractivity contribution in [3.05, 3.63) is 88.4 Å². The third-order valence-corrected chi connectivity index (χ3v) is 6.87. The van der Waals surface area contributed by atoms with Crippen molar-refractivity contribution < 1.29 is 22.7 Å². The molecular formula is C24H22BrN3O5S. The molecular weight excluding hydrogens is 522 g/mol. The van der Waals surface area contributed by atoms with Crippen molar-refractivity contribution in [2.75, 3.05) is 10.8 Å². The Labute approximate surface area is 206 Å². The summed E-state index contributed by atoms with van der Waals surface area (Å²) < 4.78 is 33.4. The Morgan fingerprint density at radius 2 is 1.62 bits per heavy atom. The number of hydrogen-bond donors (Lipinski definition) is 1. The van der Waals surface area contributed by atoms with Gasteiger partial charge < -0.3 is 4.74 Å². The summed E-state index contributed by atoms with van der Waals surface area (Å²) in [6.07, 6.45) is 1.40. The summed E-state index contributed by atoms with van der Waals surface area (Å²) in [5.41, 5.74) is 4.25. The van der Waals surface area contributed by atoms with E-state index in [1.54, 1.807) is 60.7 Å². The minimum Gasteiger partial charge on any atom is -0.427 e. The molecule has 3 rings (SSSR count). The maximum Gasteiger partial charge on any atom is 0.308 e. The van der Waals surface area contributed by atoms with Crippen LogP contribution >= 0.6 is 15.9 Å². The highest BCUT2D eigenvalue weighted by molar-refractivity contribution is 9.10. The van der Waals surface area contributed by atoms with Gasteiger partial charge in [0.15, 0.2) is 0 Å². The lowest BCUT2D eigenvalue weighted by Gasteiger charge is -2.23. The minimum absolute atomic E-state index is 0.0742. The average molecular weight is 544 g/mol. The molecule has 0 aliphatic heterocycles. The van der Waals surface area contributed by atoms with Crippen molar-refractivity contribution in [2.24, 2.45) is 5.10 Å². The van der Waals surface area contributed by atoms with Crippen molar-refractivity contribution in [1.29, 1.82) is 0 Å². The predicted molar refractivity (Wildman–Crippen MR) is 133 cm³/mol. The molecule has 0 unspecified atom stereocenters. The van der Waals surface area contributed by atoms with Crippen molar-refractivity contribution in [1.82, 2.24) is 5.43 Å². The quantitative estimate of drug-likeness (QED) is 0.200. The lowest BCUT2D eigenvalue weighted by Crippen LogP contribution is -2.39. The molecule has 1 N–H and O–H groups in total. The van der Waals surface area contributed by atoms with Gasteiger partial charge in [0.05, 0.1) is 16.8 Å². The average Bonchev–Trinajstić information content (AvgIpc) is 2.79. The number of anilines is 1. The molecule has 0 heterocycles. The van der Waals surface area contributed by atoms with E-state index in [1.165, 1.54) is 25.3 Å². The summed E-state index contributed by atoms with van der Waals surface area (Å²) >= 11 is 3.33. The van der Waals surface area contributed by atoms with Crippen molar-refractivity contribution in [3.8, 4) is 5.75 Å². The topological polar surface area (TPSA) is 105 Å². The molecule has 8 nitrogen and oxygen atoms in total. The Balaban J connectivity index is 1.76. The first-order chi connectivity index (χ1) is 16.1. The molecule has 3 aromatic rings. The largest absolute Gasteiger partial charge is 0.427 e. The van der Waals surface area contributed by atoms with Gasteiger partial charge in [-0.1, -0.05) is 33.6 Å². The highest BCUT2D eigenvalue weighted by Gasteiger charge is 2.27. The summed E-state index contributed by atoms with van der Waals surface area (Å²) in [6.45, 7) is 2.69. The van der Waals surface area contributed by atoms with Gasteiger partial charge in [-0.05, 0) is 73.2 Å². The SMILES string of the molecule is CC(=O)Oc1ccc(/C=N\NC(=O)CN(c2ccc(Br)cc2)S(=O)(=O)c2ccc(C)cc2)cc1. The number of amides is 1. The molecule has 3 aromatic carbocycles. The fraction of sp³-hybridized carbons (Fsp3) is 0.125. The molecule has 34 heavy (non-hydrogen) atoms. The van der Waals surface area contributed by atoms with Crippen LogP contribution in [0.3, 0.4) is 0 Å². The molecule has 176 valence electrons. The van der Waals surface area contributed by atoms with Crippen LogP contribution in [0.2, 0.25) is 0 Å². The number of carbonyl (C=O) groups excluding carboxylic acids is 2. The van der Waals surface area contributed by atoms with E-state index in [1.807, 2.05) is 6.92 Å². The number of carbonyl (C=O) groups is 2. The standard InChI is InChI=1S/C24H22BrN3O5S/c1-17-3-13-23(14-4-17)34(31,32)28(21-9-7-20(25)8-10-21)16-24(30)27-26-15-19-5-11-22(12-6-19)33-18(2)29/h3-15H,16H2,1-2H3,(H,27,30)/b26-15-. The van der Waals surface area contributed by atoms with Crippen LogP contribution in [0.1, 0.15) is 18.1 Å². The molecule has 0 spiro atoms. The first-order valence-corrected chi connectivity index (χ1v) is 12.3. The van der Waals surface area contributed by atoms with Gasteiger partial charge in [0, 0.05) is 11.4 Å². The number of ether oxygens (including phenoxy) is 1. The Morgan fingerprint density at radius 1 is 1.00 bits per heavy atom. The van der Waals surface area contributed by atoms with Crippen LogP contribution in [0.5, 0.6) is 5.75 Å². The maximum atomic E-state index is 13.3. The molecule has 10 heteroatoms. The van der Waals surface area contributed by atoms with Gasteiger partial charge in [-0.3, -0.25) is 13.9 Å². The van der Waals surface area contributed by atoms with Gasteiger partial charge in [-0.25, -0.2) is 13.8 Å². The van der Waals surface area contributed by atoms with E-state index in [2.05, 4.69) is 26.5 Å². The van der Waals surface area contributed by atoms with E-state index in [0.717, 1.165) is 14.3 Å². The van der Waals surface area contributed by atoms with Gasteiger partial charge in [0.25, 0.3) is 15.9 Å². The second-order valence-electron chi connectivity index (χ2n) is 7.26. The van der Waals surface area contributed by atoms with Crippen molar-refractivity contribution >= 4 is 49.7 Å². The van der Waals surface area contributed by atoms with E-state index < -0.39 is 28.4 Å². The normalized spacial score (nSPS) is 11.3. The van der Waals surface area contributed by atoms with Crippen LogP contribution in [0.4, 0.5) is 5.69 Å². The molecule has 0 saturated heterocycles. The Kier molecular flexibility index (Phi) is 8.19. The van der Waals surface area contributed by atoms with Gasteiger partial charge in [-0.15, -0.1) is 0 Å². The maximum absolute atomic E-state index is 13.3. The summed E-state index contributed by atoms with van der Waals surface area (Å²) in [5.74, 6) is -0.656. The third-order valence-electron chi connectivity index (χ3n) is 4.56. The zero-order chi connectivity index (χ0) is 24.7. The summed E-state index contributed by atoms with van der Waals surface area (Å²) in [7, 11) is -4.01. The fourth-order valence-electron chi connectivity index (χ4n) is 2.89. The predicted octanol–water partition coefficient (Wildman–Crippen LogP) is 4.03. The highest BCUT2D eigenvalue weighted by atomic mass is 79.9. The van der Waals surface area contributed by atoms with Crippen molar-refractivity contribution in [2.45, 2.75) is 18.7 Å². The number of halogens is 1. The van der Waals surface area contributed by atoms with E-state index in [-0.39, 0.29) is 4.90 Å². The second-order valence-corrected chi connectivity index (χ2v) is 10.0. The molecule has 0 aliphatic carbocycles. The molecule has 0 atom stereocenters. The highest BCUT2D eigenvalue weighted by Crippen LogP contribution is 2.25. The monoisotopic (exact) mass is 543 g/mol. The van der Waals surface area contributed by atoms with E-state index in [0.29, 0.717) is 17.0 Å². The van der Waals surface area contributed by atoms with Gasteiger partial charge in [-0.2, -0.15) is 5.10 Å². The number of hydrogen-bond acceptors (Lipinski definition) is 6. The van der Waals surface area contributed by atoms with Crippen LogP contribution < -0.4 is 14.5 Å². The van der Waals surface area contributed by atoms with Crippen LogP contribution in [0.25, 0.3) is 0 Å². The second kappa shape index (κ2) is 11.1. The molecule has 0 fully saturated rings. The number of nitrogens with zero attached hydrogens (tertiary/aromatic N) is 2. The van der Waals surface area contributed by atoms with E-state index in [9.17, 15) is 18.0 Å². The van der Waals surface area contributed by atoms with Crippen molar-refractivity contribution in [3.63, 3.8) is 0 Å². The Bertz CT molecular complexity index is 1290. The summed E-state index contributed by atoms with van der Waals surface area (Å²) in [6, 6.07) is 19.5. The molecule has 0 radical (unpaired) electrons. The lowest BCUT2D eigenvalue weighted by molar-refractivity contribution is -0.131. The third kappa shape index (κ3) is 6.75. The Morgan fingerprint density at radius 3 is 2.21 bits per heavy atom. The summed E-state index contributed by atoms with van der Waals surface area (Å²) in [4.78, 5) is 23.7. The van der Waals surface area contributed by atoms with E-state index in [4.69, 9.17) is 4.74 Å². The molecule has 1 amide bonds. The van der Waals surface area contributed by atoms with Crippen LogP contribution in [0.15, 0.2) is 87.3 Å². The smallest absolute Gasteiger partial charge is 0.308 e. The number of hydrazone groups is 1. The number of benzene rings is 3. The molecule has 0 bridgehead atoms. The zero-order valence-electron chi connectivity index (χ0n) is 18.4. The fourth-order valence-corrected chi connectivity index (χ4v) is 4.58. The number of sulfonamides is 1. The summed E-state index contributed by atoms with van der Waals surface area (Å²) in [5, 5.41) is 3.90. The van der Waals surface area contributed by atoms with Gasteiger partial charge >= 0.3 is 5.97 Å². The molecule has 0 aromatic heterocycles. The first-order valence-electron chi connectivity index (χ1n) is 10.1. The zero-order valence-corrected chi connectivity index (χ0v) is 20.8. The lowest BCUT2D eigenvalue weighted by atomic mass is 10.2. The van der Waals surface area contributed by atoms with Crippen LogP contribution in [-0.4, -0.2) is 33.1 Å². The Hall–Kier alpha value is -3.50. The first kappa shape index (κ1) is 25.1. The number of aryl methyl sites for hydroxylation is 1. The molecule has 0 aliphatic rings. The number of rotatable bonds is 8. The van der Waals surface area contributed by atoms with E-state index >= 15 is 0 Å². The molecule has 0 saturated carbocycles. The number of nitrogens with one attached hydrogen (secondary N) is 1. The minimum atomic E-state index is -4.01. The van der Waals surface area contributed by atoms with Gasteiger partial charge in [0.2, 0.25) is 0 Å².